The van der Waals surface area contributed by atoms with Gasteiger partial charge in [-0.3, -0.25) is 4.79 Å². The number of hydrogen-bond donors (Lipinski definition) is 1. The Labute approximate surface area is 111 Å². The lowest BCUT2D eigenvalue weighted by Gasteiger charge is -2.03. The van der Waals surface area contributed by atoms with Crippen LogP contribution in [0.15, 0.2) is 12.3 Å². The smallest absolute Gasteiger partial charge is 0.407 e. The molecule has 0 spiro atoms. The SMILES string of the molecule is COC(=O)NCC#Cc1cc(C(C)=O)cnc1OC. The van der Waals surface area contributed by atoms with Crippen molar-refractivity contribution < 1.29 is 19.1 Å². The molecule has 19 heavy (non-hydrogen) atoms. The van der Waals surface area contributed by atoms with Gasteiger partial charge in [0.2, 0.25) is 5.88 Å². The second-order valence-corrected chi connectivity index (χ2v) is 3.48. The highest BCUT2D eigenvalue weighted by Gasteiger charge is 2.06. The van der Waals surface area contributed by atoms with Crippen LogP contribution in [0, 0.1) is 11.8 Å². The minimum atomic E-state index is -0.558. The van der Waals surface area contributed by atoms with Crippen LogP contribution >= 0.6 is 0 Å². The molecule has 0 aliphatic rings. The van der Waals surface area contributed by atoms with Crippen molar-refractivity contribution in [3.05, 3.63) is 23.4 Å². The second kappa shape index (κ2) is 7.01. The summed E-state index contributed by atoms with van der Waals surface area (Å²) in [5.41, 5.74) is 0.938. The first-order valence-corrected chi connectivity index (χ1v) is 5.44. The number of alkyl carbamates (subject to hydrolysis) is 1. The van der Waals surface area contributed by atoms with Gasteiger partial charge in [-0.05, 0) is 13.0 Å². The van der Waals surface area contributed by atoms with Crippen LogP contribution in [0.5, 0.6) is 5.88 Å². The van der Waals surface area contributed by atoms with E-state index in [-0.39, 0.29) is 12.3 Å². The number of carbonyl (C=O) groups excluding carboxylic acids is 2. The van der Waals surface area contributed by atoms with Crippen LogP contribution in [0.1, 0.15) is 22.8 Å². The zero-order chi connectivity index (χ0) is 14.3. The van der Waals surface area contributed by atoms with Crippen molar-refractivity contribution in [2.24, 2.45) is 0 Å². The lowest BCUT2D eigenvalue weighted by molar-refractivity contribution is 0.101. The van der Waals surface area contributed by atoms with Crippen LogP contribution in [0.25, 0.3) is 0 Å². The highest BCUT2D eigenvalue weighted by atomic mass is 16.5. The molecule has 0 atom stereocenters. The summed E-state index contributed by atoms with van der Waals surface area (Å²) in [5, 5.41) is 2.41. The van der Waals surface area contributed by atoms with Gasteiger partial charge < -0.3 is 14.8 Å². The standard InChI is InChI=1S/C13H14N2O4/c1-9(16)11-7-10(12(18-2)15-8-11)5-4-6-14-13(17)19-3/h7-8H,6H2,1-3H3,(H,14,17). The van der Waals surface area contributed by atoms with Gasteiger partial charge in [0.05, 0.1) is 26.3 Å². The van der Waals surface area contributed by atoms with Gasteiger partial charge in [0, 0.05) is 11.8 Å². The maximum Gasteiger partial charge on any atom is 0.407 e. The molecule has 6 heteroatoms. The zero-order valence-electron chi connectivity index (χ0n) is 10.9. The van der Waals surface area contributed by atoms with E-state index in [0.717, 1.165) is 0 Å². The number of methoxy groups -OCH3 is 2. The third-order valence-corrected chi connectivity index (χ3v) is 2.18. The van der Waals surface area contributed by atoms with Crippen LogP contribution < -0.4 is 10.1 Å². The van der Waals surface area contributed by atoms with Gasteiger partial charge in [-0.2, -0.15) is 0 Å². The number of hydrogen-bond acceptors (Lipinski definition) is 5. The van der Waals surface area contributed by atoms with E-state index in [1.165, 1.54) is 27.3 Å². The summed E-state index contributed by atoms with van der Waals surface area (Å²) in [6, 6.07) is 1.60. The van der Waals surface area contributed by atoms with Gasteiger partial charge in [0.1, 0.15) is 0 Å². The molecule has 0 aliphatic carbocycles. The van der Waals surface area contributed by atoms with Gasteiger partial charge in [0.15, 0.2) is 5.78 Å². The lowest BCUT2D eigenvalue weighted by atomic mass is 10.1. The Bertz CT molecular complexity index is 543. The minimum absolute atomic E-state index is 0.106. The van der Waals surface area contributed by atoms with Gasteiger partial charge in [-0.15, -0.1) is 0 Å². The maximum atomic E-state index is 11.3. The molecule has 0 aliphatic heterocycles. The maximum absolute atomic E-state index is 11.3. The number of nitrogens with zero attached hydrogens (tertiary/aromatic N) is 1. The molecular formula is C13H14N2O4. The number of aromatic nitrogens is 1. The molecular weight excluding hydrogens is 248 g/mol. The Hall–Kier alpha value is -2.55. The van der Waals surface area contributed by atoms with Crippen molar-refractivity contribution in [3.8, 4) is 17.7 Å². The van der Waals surface area contributed by atoms with Crippen LogP contribution in [-0.2, 0) is 4.74 Å². The van der Waals surface area contributed by atoms with Crippen LogP contribution in [0.3, 0.4) is 0 Å². The number of rotatable bonds is 3. The van der Waals surface area contributed by atoms with E-state index in [1.54, 1.807) is 6.07 Å². The predicted molar refractivity (Wildman–Crippen MR) is 68.1 cm³/mol. The van der Waals surface area contributed by atoms with Crippen LogP contribution in [0.4, 0.5) is 4.79 Å². The summed E-state index contributed by atoms with van der Waals surface area (Å²) < 4.78 is 9.44. The fraction of sp³-hybridized carbons (Fsp3) is 0.308. The number of pyridine rings is 1. The number of nitrogens with one attached hydrogen (secondary N) is 1. The quantitative estimate of drug-likeness (QED) is 0.649. The van der Waals surface area contributed by atoms with Crippen molar-refractivity contribution in [1.82, 2.24) is 10.3 Å². The summed E-state index contributed by atoms with van der Waals surface area (Å²) in [7, 11) is 2.74. The van der Waals surface area contributed by atoms with E-state index in [2.05, 4.69) is 26.9 Å². The Morgan fingerprint density at radius 1 is 1.42 bits per heavy atom. The second-order valence-electron chi connectivity index (χ2n) is 3.48. The summed E-state index contributed by atoms with van der Waals surface area (Å²) in [5.74, 6) is 5.72. The first-order valence-electron chi connectivity index (χ1n) is 5.44. The monoisotopic (exact) mass is 262 g/mol. The molecule has 0 aromatic carbocycles. The lowest BCUT2D eigenvalue weighted by Crippen LogP contribution is -2.22. The highest BCUT2D eigenvalue weighted by Crippen LogP contribution is 2.15. The van der Waals surface area contributed by atoms with Crippen LogP contribution in [0.2, 0.25) is 0 Å². The first-order chi connectivity index (χ1) is 9.08. The zero-order valence-corrected chi connectivity index (χ0v) is 10.9. The summed E-state index contributed by atoms with van der Waals surface area (Å²) >= 11 is 0. The van der Waals surface area contributed by atoms with Gasteiger partial charge in [-0.1, -0.05) is 11.8 Å². The Morgan fingerprint density at radius 2 is 2.16 bits per heavy atom. The molecule has 1 rings (SSSR count). The Balaban J connectivity index is 2.86. The van der Waals surface area contributed by atoms with Crippen LogP contribution in [-0.4, -0.2) is 37.6 Å². The van der Waals surface area contributed by atoms with E-state index in [4.69, 9.17) is 4.74 Å². The number of ether oxygens (including phenoxy) is 2. The summed E-state index contributed by atoms with van der Waals surface area (Å²) in [6.07, 6.45) is 0.871. The minimum Gasteiger partial charge on any atom is -0.480 e. The van der Waals surface area contributed by atoms with Crippen molar-refractivity contribution in [1.29, 1.82) is 0 Å². The Kier molecular flexibility index (Phi) is 5.35. The topological polar surface area (TPSA) is 77.5 Å². The van der Waals surface area contributed by atoms with Crippen molar-refractivity contribution in [2.45, 2.75) is 6.92 Å². The number of amides is 1. The molecule has 1 aromatic rings. The molecule has 0 saturated heterocycles. The highest BCUT2D eigenvalue weighted by molar-refractivity contribution is 5.94. The molecule has 1 heterocycles. The predicted octanol–water partition coefficient (Wildman–Crippen LogP) is 1.00. The summed E-state index contributed by atoms with van der Waals surface area (Å²) in [6.45, 7) is 1.57. The number of carbonyl (C=O) groups is 2. The molecule has 0 unspecified atom stereocenters. The van der Waals surface area contributed by atoms with Gasteiger partial charge >= 0.3 is 6.09 Å². The van der Waals surface area contributed by atoms with E-state index >= 15 is 0 Å². The average molecular weight is 262 g/mol. The molecule has 0 fully saturated rings. The summed E-state index contributed by atoms with van der Waals surface area (Å²) in [4.78, 5) is 26.1. The van der Waals surface area contributed by atoms with E-state index in [1.807, 2.05) is 0 Å². The van der Waals surface area contributed by atoms with E-state index in [9.17, 15) is 9.59 Å². The van der Waals surface area contributed by atoms with Gasteiger partial charge in [-0.25, -0.2) is 9.78 Å². The third kappa shape index (κ3) is 4.32. The van der Waals surface area contributed by atoms with E-state index < -0.39 is 6.09 Å². The first kappa shape index (κ1) is 14.5. The third-order valence-electron chi connectivity index (χ3n) is 2.18. The van der Waals surface area contributed by atoms with Crippen molar-refractivity contribution in [2.75, 3.05) is 20.8 Å². The number of Topliss-reactive ketones (excluding diaryl/α,β-unsaturated/α-hetero) is 1. The van der Waals surface area contributed by atoms with Crippen molar-refractivity contribution >= 4 is 11.9 Å². The molecule has 1 N–H and O–H groups in total. The average Bonchev–Trinajstić information content (AvgIpc) is 2.42. The van der Waals surface area contributed by atoms with Crippen molar-refractivity contribution in [3.63, 3.8) is 0 Å². The van der Waals surface area contributed by atoms with E-state index in [0.29, 0.717) is 17.0 Å². The molecule has 1 aromatic heterocycles. The molecule has 100 valence electrons. The molecule has 0 saturated carbocycles. The molecule has 1 amide bonds. The fourth-order valence-electron chi connectivity index (χ4n) is 1.22. The largest absolute Gasteiger partial charge is 0.480 e. The molecule has 0 bridgehead atoms. The normalized spacial score (nSPS) is 9.00. The molecule has 6 nitrogen and oxygen atoms in total. The van der Waals surface area contributed by atoms with Gasteiger partial charge in [0.25, 0.3) is 0 Å². The fourth-order valence-corrected chi connectivity index (χ4v) is 1.22. The number of ketones is 1. The molecule has 0 radical (unpaired) electrons. The Morgan fingerprint density at radius 3 is 2.74 bits per heavy atom.